The first-order chi connectivity index (χ1) is 8.86. The summed E-state index contributed by atoms with van der Waals surface area (Å²) in [6.07, 6.45) is 5.54. The summed E-state index contributed by atoms with van der Waals surface area (Å²) in [5, 5.41) is 17.8. The predicted molar refractivity (Wildman–Crippen MR) is 85.3 cm³/mol. The molecule has 110 valence electrons. The smallest absolute Gasteiger partial charge is 0.303 e. The number of aliphatic hydroxyl groups excluding tert-OH is 1. The van der Waals surface area contributed by atoms with Gasteiger partial charge in [-0.25, -0.2) is 0 Å². The number of carboxylic acids is 1. The Morgan fingerprint density at radius 2 is 1.84 bits per heavy atom. The molecule has 3 nitrogen and oxygen atoms in total. The molecule has 0 unspecified atom stereocenters. The van der Waals surface area contributed by atoms with E-state index in [1.807, 2.05) is 26.0 Å². The summed E-state index contributed by atoms with van der Waals surface area (Å²) in [5.74, 6) is -0.751. The zero-order valence-electron chi connectivity index (χ0n) is 12.1. The highest BCUT2D eigenvalue weighted by Gasteiger charge is 2.21. The van der Waals surface area contributed by atoms with Gasteiger partial charge in [0, 0.05) is 22.7 Å². The Balaban J connectivity index is 4.46. The second-order valence-corrected chi connectivity index (χ2v) is 7.64. The summed E-state index contributed by atoms with van der Waals surface area (Å²) in [6.45, 7) is 8.21. The molecule has 0 heterocycles. The minimum absolute atomic E-state index is 0.0879. The molecule has 0 aromatic rings. The van der Waals surface area contributed by atoms with Crippen LogP contribution in [0.4, 0.5) is 0 Å². The van der Waals surface area contributed by atoms with Crippen LogP contribution in [0.25, 0.3) is 0 Å². The standard InChI is InChI=1S/C14H24O3S2/c1-5-11(8-10-15)12(6-2)18-19-14(3,4)9-7-13(16)17/h5-6,15H,7-10H2,1-4H3,(H,16,17). The number of aliphatic carboxylic acids is 1. The predicted octanol–water partition coefficient (Wildman–Crippen LogP) is 4.24. The van der Waals surface area contributed by atoms with Gasteiger partial charge in [-0.15, -0.1) is 0 Å². The minimum atomic E-state index is -0.751. The molecular formula is C14H24O3S2. The first kappa shape index (κ1) is 18.6. The van der Waals surface area contributed by atoms with E-state index < -0.39 is 5.97 Å². The van der Waals surface area contributed by atoms with E-state index in [2.05, 4.69) is 13.8 Å². The molecule has 0 spiro atoms. The number of hydrogen-bond acceptors (Lipinski definition) is 4. The average Bonchev–Trinajstić information content (AvgIpc) is 2.35. The molecule has 0 aromatic carbocycles. The number of hydrogen-bond donors (Lipinski definition) is 2. The Kier molecular flexibility index (Phi) is 9.31. The van der Waals surface area contributed by atoms with Gasteiger partial charge < -0.3 is 10.2 Å². The van der Waals surface area contributed by atoms with E-state index in [1.54, 1.807) is 21.6 Å². The topological polar surface area (TPSA) is 57.5 Å². The first-order valence-electron chi connectivity index (χ1n) is 6.36. The summed E-state index contributed by atoms with van der Waals surface area (Å²) in [7, 11) is 3.34. The number of aliphatic hydroxyl groups is 1. The van der Waals surface area contributed by atoms with E-state index in [0.717, 1.165) is 10.5 Å². The summed E-state index contributed by atoms with van der Waals surface area (Å²) in [4.78, 5) is 11.8. The number of carbonyl (C=O) groups is 1. The average molecular weight is 304 g/mol. The molecule has 2 N–H and O–H groups in total. The van der Waals surface area contributed by atoms with Gasteiger partial charge in [-0.2, -0.15) is 0 Å². The zero-order valence-corrected chi connectivity index (χ0v) is 13.7. The third kappa shape index (κ3) is 8.39. The fraction of sp³-hybridized carbons (Fsp3) is 0.643. The molecule has 0 atom stereocenters. The van der Waals surface area contributed by atoms with Crippen molar-refractivity contribution >= 4 is 27.6 Å². The molecule has 0 rings (SSSR count). The van der Waals surface area contributed by atoms with E-state index in [0.29, 0.717) is 12.8 Å². The van der Waals surface area contributed by atoms with Crippen LogP contribution in [-0.2, 0) is 4.79 Å². The molecule has 0 fully saturated rings. The van der Waals surface area contributed by atoms with Crippen LogP contribution in [0.15, 0.2) is 22.6 Å². The monoisotopic (exact) mass is 304 g/mol. The molecule has 0 aliphatic heterocycles. The second-order valence-electron chi connectivity index (χ2n) is 4.76. The van der Waals surface area contributed by atoms with Crippen molar-refractivity contribution in [2.24, 2.45) is 0 Å². The number of rotatable bonds is 9. The molecule has 19 heavy (non-hydrogen) atoms. The van der Waals surface area contributed by atoms with Gasteiger partial charge in [0.1, 0.15) is 0 Å². The first-order valence-corrected chi connectivity index (χ1v) is 8.51. The Morgan fingerprint density at radius 1 is 1.21 bits per heavy atom. The van der Waals surface area contributed by atoms with Gasteiger partial charge >= 0.3 is 5.97 Å². The molecular weight excluding hydrogens is 280 g/mol. The highest BCUT2D eigenvalue weighted by molar-refractivity contribution is 8.78. The lowest BCUT2D eigenvalue weighted by molar-refractivity contribution is -0.137. The lowest BCUT2D eigenvalue weighted by Crippen LogP contribution is -2.15. The van der Waals surface area contributed by atoms with Crippen LogP contribution in [0.3, 0.4) is 0 Å². The summed E-state index contributed by atoms with van der Waals surface area (Å²) in [6, 6.07) is 0. The van der Waals surface area contributed by atoms with Crippen molar-refractivity contribution < 1.29 is 15.0 Å². The molecule has 0 saturated heterocycles. The van der Waals surface area contributed by atoms with Crippen LogP contribution >= 0.6 is 21.6 Å². The Hall–Kier alpha value is -0.390. The van der Waals surface area contributed by atoms with E-state index >= 15 is 0 Å². The van der Waals surface area contributed by atoms with Gasteiger partial charge in [0.2, 0.25) is 0 Å². The molecule has 0 bridgehead atoms. The third-order valence-electron chi connectivity index (χ3n) is 2.61. The van der Waals surface area contributed by atoms with Crippen LogP contribution in [0, 0.1) is 0 Å². The van der Waals surface area contributed by atoms with Gasteiger partial charge in [-0.1, -0.05) is 33.7 Å². The molecule has 0 aromatic heterocycles. The molecule has 5 heteroatoms. The van der Waals surface area contributed by atoms with Crippen molar-refractivity contribution in [3.63, 3.8) is 0 Å². The SMILES string of the molecule is CC=C(CCO)C(=CC)SSC(C)(C)CCC(=O)O. The summed E-state index contributed by atoms with van der Waals surface area (Å²) >= 11 is 0. The Labute approximate surface area is 124 Å². The lowest BCUT2D eigenvalue weighted by Gasteiger charge is -2.23. The maximum atomic E-state index is 10.6. The lowest BCUT2D eigenvalue weighted by atomic mass is 10.1. The quantitative estimate of drug-likeness (QED) is 0.493. The van der Waals surface area contributed by atoms with Crippen molar-refractivity contribution in [1.29, 1.82) is 0 Å². The van der Waals surface area contributed by atoms with Crippen molar-refractivity contribution in [2.75, 3.05) is 6.61 Å². The van der Waals surface area contributed by atoms with E-state index in [9.17, 15) is 4.79 Å². The van der Waals surface area contributed by atoms with Crippen molar-refractivity contribution in [3.05, 3.63) is 22.6 Å². The highest BCUT2D eigenvalue weighted by atomic mass is 33.1. The summed E-state index contributed by atoms with van der Waals surface area (Å²) < 4.78 is -0.0879. The molecule has 0 saturated carbocycles. The normalized spacial score (nSPS) is 13.7. The molecule has 0 radical (unpaired) electrons. The number of carboxylic acid groups (broad SMARTS) is 1. The fourth-order valence-corrected chi connectivity index (χ4v) is 4.15. The van der Waals surface area contributed by atoms with Crippen LogP contribution in [0.5, 0.6) is 0 Å². The van der Waals surface area contributed by atoms with Gasteiger partial charge in [0.15, 0.2) is 0 Å². The van der Waals surface area contributed by atoms with E-state index in [1.165, 1.54) is 0 Å². The van der Waals surface area contributed by atoms with Gasteiger partial charge in [0.25, 0.3) is 0 Å². The Bertz CT molecular complexity index is 347. The third-order valence-corrected chi connectivity index (χ3v) is 6.16. The van der Waals surface area contributed by atoms with Crippen LogP contribution in [0.2, 0.25) is 0 Å². The van der Waals surface area contributed by atoms with Gasteiger partial charge in [-0.3, -0.25) is 4.79 Å². The second kappa shape index (κ2) is 9.50. The van der Waals surface area contributed by atoms with Crippen LogP contribution in [-0.4, -0.2) is 27.5 Å². The molecule has 0 aliphatic carbocycles. The molecule has 0 amide bonds. The Morgan fingerprint density at radius 3 is 2.26 bits per heavy atom. The van der Waals surface area contributed by atoms with Gasteiger partial charge in [-0.05, 0) is 46.1 Å². The van der Waals surface area contributed by atoms with Crippen LogP contribution < -0.4 is 0 Å². The van der Waals surface area contributed by atoms with E-state index in [4.69, 9.17) is 10.2 Å². The fourth-order valence-electron chi connectivity index (χ4n) is 1.42. The van der Waals surface area contributed by atoms with Gasteiger partial charge in [0.05, 0.1) is 0 Å². The molecule has 0 aliphatic rings. The summed E-state index contributed by atoms with van der Waals surface area (Å²) in [5.41, 5.74) is 1.14. The zero-order chi connectivity index (χ0) is 14.9. The minimum Gasteiger partial charge on any atom is -0.481 e. The maximum Gasteiger partial charge on any atom is 0.303 e. The van der Waals surface area contributed by atoms with Crippen molar-refractivity contribution in [2.45, 2.75) is 51.7 Å². The highest BCUT2D eigenvalue weighted by Crippen LogP contribution is 2.45. The van der Waals surface area contributed by atoms with E-state index in [-0.39, 0.29) is 17.8 Å². The number of allylic oxidation sites excluding steroid dienone is 3. The van der Waals surface area contributed by atoms with Crippen molar-refractivity contribution in [3.8, 4) is 0 Å². The van der Waals surface area contributed by atoms with Crippen molar-refractivity contribution in [1.82, 2.24) is 0 Å². The maximum absolute atomic E-state index is 10.6. The van der Waals surface area contributed by atoms with Crippen LogP contribution in [0.1, 0.15) is 47.0 Å². The largest absolute Gasteiger partial charge is 0.481 e.